The van der Waals surface area contributed by atoms with Crippen LogP contribution in [0.3, 0.4) is 0 Å². The Balaban J connectivity index is 1.47. The van der Waals surface area contributed by atoms with Crippen molar-refractivity contribution in [3.63, 3.8) is 0 Å². The van der Waals surface area contributed by atoms with Crippen molar-refractivity contribution in [3.05, 3.63) is 59.9 Å². The lowest BCUT2D eigenvalue weighted by atomic mass is 10.1. The molecule has 4 rings (SSSR count). The number of benzene rings is 2. The van der Waals surface area contributed by atoms with Crippen LogP contribution in [0.1, 0.15) is 37.6 Å². The summed E-state index contributed by atoms with van der Waals surface area (Å²) >= 11 is 0. The number of aryl methyl sites for hydroxylation is 1. The number of fused-ring (bicyclic) bond motifs is 1. The fraction of sp³-hybridized carbons (Fsp3) is 0.304. The molecule has 7 heteroatoms. The summed E-state index contributed by atoms with van der Waals surface area (Å²) in [5.41, 5.74) is 2.93. The molecular formula is C23H24N6O. The maximum Gasteiger partial charge on any atom is 0.246 e. The van der Waals surface area contributed by atoms with E-state index in [2.05, 4.69) is 31.5 Å². The molecule has 1 aliphatic heterocycles. The lowest BCUT2D eigenvalue weighted by Gasteiger charge is -2.16. The first-order valence-corrected chi connectivity index (χ1v) is 10.2. The second kappa shape index (κ2) is 8.78. The van der Waals surface area contributed by atoms with Crippen LogP contribution in [-0.4, -0.2) is 26.7 Å². The number of amides is 1. The van der Waals surface area contributed by atoms with Crippen LogP contribution in [0.25, 0.3) is 11.4 Å². The summed E-state index contributed by atoms with van der Waals surface area (Å²) in [6.07, 6.45) is 4.48. The van der Waals surface area contributed by atoms with Crippen LogP contribution in [0.15, 0.2) is 48.5 Å². The number of nitrogens with one attached hydrogen (secondary N) is 2. The molecule has 0 radical (unpaired) electrons. The summed E-state index contributed by atoms with van der Waals surface area (Å²) in [5.74, 6) is 1.75. The minimum absolute atomic E-state index is 0.174. The summed E-state index contributed by atoms with van der Waals surface area (Å²) in [6, 6.07) is 16.4. The van der Waals surface area contributed by atoms with Crippen LogP contribution < -0.4 is 10.6 Å². The number of carbonyl (C=O) groups excluding carboxylic acids is 1. The summed E-state index contributed by atoms with van der Waals surface area (Å²) in [5, 5.41) is 23.9. The van der Waals surface area contributed by atoms with Crippen LogP contribution in [0, 0.1) is 11.3 Å². The monoisotopic (exact) mass is 400 g/mol. The molecule has 2 heterocycles. The number of anilines is 2. The summed E-state index contributed by atoms with van der Waals surface area (Å²) in [6.45, 7) is 2.75. The first-order chi connectivity index (χ1) is 14.6. The lowest BCUT2D eigenvalue weighted by molar-refractivity contribution is -0.116. The molecule has 1 aromatic heterocycles. The van der Waals surface area contributed by atoms with Crippen LogP contribution in [0.4, 0.5) is 11.4 Å². The first kappa shape index (κ1) is 19.6. The third-order valence-electron chi connectivity index (χ3n) is 5.27. The quantitative estimate of drug-likeness (QED) is 0.675. The van der Waals surface area contributed by atoms with Crippen molar-refractivity contribution in [1.29, 1.82) is 5.26 Å². The van der Waals surface area contributed by atoms with Gasteiger partial charge in [0.25, 0.3) is 0 Å². The van der Waals surface area contributed by atoms with Gasteiger partial charge in [-0.2, -0.15) is 5.26 Å². The van der Waals surface area contributed by atoms with E-state index in [0.29, 0.717) is 11.3 Å². The highest BCUT2D eigenvalue weighted by Gasteiger charge is 2.17. The highest BCUT2D eigenvalue weighted by Crippen LogP contribution is 2.25. The van der Waals surface area contributed by atoms with E-state index in [9.17, 15) is 4.79 Å². The average molecular weight is 400 g/mol. The fourth-order valence-corrected chi connectivity index (χ4v) is 3.68. The van der Waals surface area contributed by atoms with Gasteiger partial charge in [0.1, 0.15) is 11.9 Å². The molecule has 7 nitrogen and oxygen atoms in total. The molecule has 2 aromatic carbocycles. The van der Waals surface area contributed by atoms with Crippen LogP contribution in [0.2, 0.25) is 0 Å². The van der Waals surface area contributed by atoms with Crippen LogP contribution in [-0.2, 0) is 17.8 Å². The van der Waals surface area contributed by atoms with Gasteiger partial charge in [-0.15, -0.1) is 10.2 Å². The highest BCUT2D eigenvalue weighted by molar-refractivity contribution is 5.96. The Morgan fingerprint density at radius 1 is 1.10 bits per heavy atom. The number of nitriles is 1. The minimum atomic E-state index is -0.457. The summed E-state index contributed by atoms with van der Waals surface area (Å²) < 4.78 is 2.21. The van der Waals surface area contributed by atoms with E-state index in [-0.39, 0.29) is 5.91 Å². The number of hydrogen-bond donors (Lipinski definition) is 2. The molecule has 1 amide bonds. The molecular weight excluding hydrogens is 376 g/mol. The molecule has 1 aliphatic rings. The van der Waals surface area contributed by atoms with Gasteiger partial charge in [0.05, 0.1) is 11.6 Å². The first-order valence-electron chi connectivity index (χ1n) is 10.2. The molecule has 1 unspecified atom stereocenters. The third kappa shape index (κ3) is 4.33. The van der Waals surface area contributed by atoms with Gasteiger partial charge in [-0.1, -0.05) is 24.6 Å². The Hall–Kier alpha value is -3.66. The number of nitrogens with zero attached hydrogens (tertiary/aromatic N) is 4. The van der Waals surface area contributed by atoms with E-state index >= 15 is 0 Å². The molecule has 152 valence electrons. The van der Waals surface area contributed by atoms with Gasteiger partial charge in [-0.25, -0.2) is 0 Å². The van der Waals surface area contributed by atoms with Crippen molar-refractivity contribution >= 4 is 17.3 Å². The zero-order valence-corrected chi connectivity index (χ0v) is 16.9. The van der Waals surface area contributed by atoms with Crippen LogP contribution in [0.5, 0.6) is 0 Å². The number of carbonyl (C=O) groups is 1. The van der Waals surface area contributed by atoms with Crippen molar-refractivity contribution in [1.82, 2.24) is 14.8 Å². The van der Waals surface area contributed by atoms with Gasteiger partial charge in [0, 0.05) is 29.9 Å². The molecule has 30 heavy (non-hydrogen) atoms. The molecule has 2 N–H and O–H groups in total. The Morgan fingerprint density at radius 3 is 2.80 bits per heavy atom. The predicted molar refractivity (Wildman–Crippen MR) is 116 cm³/mol. The zero-order valence-electron chi connectivity index (χ0n) is 16.9. The normalized spacial score (nSPS) is 14.1. The van der Waals surface area contributed by atoms with Gasteiger partial charge < -0.3 is 15.2 Å². The average Bonchev–Trinajstić information content (AvgIpc) is 3.02. The van der Waals surface area contributed by atoms with E-state index < -0.39 is 6.04 Å². The third-order valence-corrected chi connectivity index (χ3v) is 5.27. The molecule has 3 aromatic rings. The zero-order chi connectivity index (χ0) is 20.9. The highest BCUT2D eigenvalue weighted by atomic mass is 16.2. The van der Waals surface area contributed by atoms with Crippen molar-refractivity contribution in [2.75, 3.05) is 10.6 Å². The Bertz CT molecular complexity index is 1100. The number of hydrogen-bond acceptors (Lipinski definition) is 5. The van der Waals surface area contributed by atoms with Crippen LogP contribution >= 0.6 is 0 Å². The molecule has 0 aliphatic carbocycles. The van der Waals surface area contributed by atoms with E-state index in [4.69, 9.17) is 5.26 Å². The van der Waals surface area contributed by atoms with Gasteiger partial charge >= 0.3 is 0 Å². The summed E-state index contributed by atoms with van der Waals surface area (Å²) in [4.78, 5) is 12.6. The fourth-order valence-electron chi connectivity index (χ4n) is 3.68. The second-order valence-corrected chi connectivity index (χ2v) is 7.53. The Morgan fingerprint density at radius 2 is 1.93 bits per heavy atom. The molecule has 0 bridgehead atoms. The van der Waals surface area contributed by atoms with Gasteiger partial charge in [0.2, 0.25) is 5.91 Å². The smallest absolute Gasteiger partial charge is 0.246 e. The molecule has 1 atom stereocenters. The van der Waals surface area contributed by atoms with Crippen molar-refractivity contribution in [2.45, 2.75) is 45.2 Å². The minimum Gasteiger partial charge on any atom is -0.374 e. The van der Waals surface area contributed by atoms with E-state index in [1.165, 1.54) is 6.42 Å². The molecule has 0 fully saturated rings. The maximum atomic E-state index is 12.6. The van der Waals surface area contributed by atoms with E-state index in [1.54, 1.807) is 31.2 Å². The maximum absolute atomic E-state index is 12.6. The Kier molecular flexibility index (Phi) is 5.75. The van der Waals surface area contributed by atoms with Crippen molar-refractivity contribution < 1.29 is 4.79 Å². The summed E-state index contributed by atoms with van der Waals surface area (Å²) in [7, 11) is 0. The molecule has 0 saturated heterocycles. The van der Waals surface area contributed by atoms with Gasteiger partial charge in [0.15, 0.2) is 5.82 Å². The topological polar surface area (TPSA) is 95.6 Å². The molecule has 0 saturated carbocycles. The van der Waals surface area contributed by atoms with Gasteiger partial charge in [-0.05, 0) is 50.1 Å². The second-order valence-electron chi connectivity index (χ2n) is 7.53. The van der Waals surface area contributed by atoms with Crippen molar-refractivity contribution in [3.8, 4) is 17.5 Å². The van der Waals surface area contributed by atoms with Gasteiger partial charge in [-0.3, -0.25) is 4.79 Å². The lowest BCUT2D eigenvalue weighted by Crippen LogP contribution is -2.31. The number of aromatic nitrogens is 3. The largest absolute Gasteiger partial charge is 0.374 e. The SMILES string of the molecule is CC(Nc1cccc(-c2nnc3n2CCCCC3)c1)C(=O)Nc1cccc(C#N)c1. The standard InChI is InChI=1S/C23H24N6O/c1-16(23(30)26-19-9-5-7-17(13-19)15-24)25-20-10-6-8-18(14-20)22-28-27-21-11-3-2-4-12-29(21)22/h5-10,13-14,16,25H,2-4,11-12H2,1H3,(H,26,30). The van der Waals surface area contributed by atoms with E-state index in [1.807, 2.05) is 24.3 Å². The Labute approximate surface area is 175 Å². The van der Waals surface area contributed by atoms with Crippen molar-refractivity contribution in [2.24, 2.45) is 0 Å². The predicted octanol–water partition coefficient (Wildman–Crippen LogP) is 3.98. The number of rotatable bonds is 5. The molecule has 0 spiro atoms. The van der Waals surface area contributed by atoms with E-state index in [0.717, 1.165) is 48.7 Å².